The van der Waals surface area contributed by atoms with Gasteiger partial charge in [0, 0.05) is 5.69 Å². The van der Waals surface area contributed by atoms with Gasteiger partial charge in [-0.15, -0.1) is 0 Å². The smallest absolute Gasteiger partial charge is 0.340 e. The molecular formula is C17H14ClF2NO3. The topological polar surface area (TPSA) is 55.4 Å². The van der Waals surface area contributed by atoms with Crippen LogP contribution in [0.5, 0.6) is 0 Å². The van der Waals surface area contributed by atoms with Crippen LogP contribution in [0.3, 0.4) is 0 Å². The Bertz CT molecular complexity index is 780. The van der Waals surface area contributed by atoms with Gasteiger partial charge in [-0.1, -0.05) is 36.7 Å². The van der Waals surface area contributed by atoms with Crippen molar-refractivity contribution in [3.8, 4) is 0 Å². The molecule has 126 valence electrons. The van der Waals surface area contributed by atoms with Gasteiger partial charge in [-0.3, -0.25) is 4.79 Å². The number of benzene rings is 2. The van der Waals surface area contributed by atoms with Crippen molar-refractivity contribution in [3.05, 3.63) is 64.2 Å². The van der Waals surface area contributed by atoms with Gasteiger partial charge in [-0.25, -0.2) is 13.6 Å². The molecule has 0 aliphatic rings. The number of aryl methyl sites for hydroxylation is 1. The van der Waals surface area contributed by atoms with Crippen molar-refractivity contribution in [1.82, 2.24) is 0 Å². The number of carbonyl (C=O) groups excluding carboxylic acids is 2. The molecule has 0 bridgehead atoms. The average Bonchev–Trinajstić information content (AvgIpc) is 2.56. The van der Waals surface area contributed by atoms with Crippen molar-refractivity contribution < 1.29 is 23.1 Å². The molecule has 2 aromatic carbocycles. The van der Waals surface area contributed by atoms with Crippen LogP contribution in [0.25, 0.3) is 0 Å². The summed E-state index contributed by atoms with van der Waals surface area (Å²) in [6.45, 7) is 1.36. The molecule has 2 rings (SSSR count). The molecular weight excluding hydrogens is 340 g/mol. The second-order valence-corrected chi connectivity index (χ2v) is 5.29. The molecule has 2 aromatic rings. The van der Waals surface area contributed by atoms with Gasteiger partial charge in [0.15, 0.2) is 18.2 Å². The van der Waals surface area contributed by atoms with Crippen LogP contribution >= 0.6 is 11.6 Å². The minimum Gasteiger partial charge on any atom is -0.452 e. The summed E-state index contributed by atoms with van der Waals surface area (Å²) in [4.78, 5) is 23.7. The van der Waals surface area contributed by atoms with E-state index in [4.69, 9.17) is 16.3 Å². The molecule has 7 heteroatoms. The van der Waals surface area contributed by atoms with E-state index < -0.39 is 30.1 Å². The number of halogens is 3. The molecule has 4 nitrogen and oxygen atoms in total. The van der Waals surface area contributed by atoms with Crippen LogP contribution in [0.4, 0.5) is 14.5 Å². The molecule has 0 atom stereocenters. The van der Waals surface area contributed by atoms with Crippen LogP contribution in [-0.4, -0.2) is 18.5 Å². The lowest BCUT2D eigenvalue weighted by Crippen LogP contribution is -2.21. The maximum Gasteiger partial charge on any atom is 0.340 e. The summed E-state index contributed by atoms with van der Waals surface area (Å²) in [7, 11) is 0. The number of ether oxygens (including phenoxy) is 1. The third kappa shape index (κ3) is 4.29. The Morgan fingerprint density at radius 2 is 1.83 bits per heavy atom. The molecule has 0 aliphatic heterocycles. The van der Waals surface area contributed by atoms with E-state index in [1.54, 1.807) is 12.1 Å². The molecule has 1 amide bonds. The SMILES string of the molecule is CCc1ccccc1NC(=O)COC(=O)c1cc(F)c(F)cc1Cl. The Kier molecular flexibility index (Phi) is 5.87. The Morgan fingerprint density at radius 1 is 1.17 bits per heavy atom. The number of hydrogen-bond acceptors (Lipinski definition) is 3. The number of para-hydroxylation sites is 1. The zero-order valence-corrected chi connectivity index (χ0v) is 13.5. The summed E-state index contributed by atoms with van der Waals surface area (Å²) in [6, 6.07) is 8.50. The maximum absolute atomic E-state index is 13.2. The second-order valence-electron chi connectivity index (χ2n) is 4.88. The maximum atomic E-state index is 13.2. The summed E-state index contributed by atoms with van der Waals surface area (Å²) in [5.74, 6) is -3.97. The second kappa shape index (κ2) is 7.88. The number of hydrogen-bond donors (Lipinski definition) is 1. The third-order valence-corrected chi connectivity index (χ3v) is 3.55. The third-order valence-electron chi connectivity index (χ3n) is 3.24. The Morgan fingerprint density at radius 3 is 2.54 bits per heavy atom. The van der Waals surface area contributed by atoms with E-state index in [-0.39, 0.29) is 10.6 Å². The molecule has 0 spiro atoms. The first kappa shape index (κ1) is 17.9. The summed E-state index contributed by atoms with van der Waals surface area (Å²) < 4.78 is 30.9. The predicted molar refractivity (Wildman–Crippen MR) is 86.1 cm³/mol. The Hall–Kier alpha value is -2.47. The fraction of sp³-hybridized carbons (Fsp3) is 0.176. The number of anilines is 1. The van der Waals surface area contributed by atoms with E-state index >= 15 is 0 Å². The highest BCUT2D eigenvalue weighted by Crippen LogP contribution is 2.21. The number of rotatable bonds is 5. The Labute approximate surface area is 142 Å². The number of nitrogens with one attached hydrogen (secondary N) is 1. The number of amides is 1. The summed E-state index contributed by atoms with van der Waals surface area (Å²) in [6.07, 6.45) is 0.723. The van der Waals surface area contributed by atoms with Gasteiger partial charge in [-0.05, 0) is 30.2 Å². The highest BCUT2D eigenvalue weighted by molar-refractivity contribution is 6.33. The van der Waals surface area contributed by atoms with Crippen LogP contribution < -0.4 is 5.32 Å². The number of esters is 1. The molecule has 0 radical (unpaired) electrons. The number of carbonyl (C=O) groups is 2. The molecule has 0 aliphatic carbocycles. The van der Waals surface area contributed by atoms with Crippen molar-refractivity contribution >= 4 is 29.2 Å². The molecule has 0 unspecified atom stereocenters. The summed E-state index contributed by atoms with van der Waals surface area (Å²) in [5, 5.41) is 2.32. The first-order valence-corrected chi connectivity index (χ1v) is 7.49. The quantitative estimate of drug-likeness (QED) is 0.653. The average molecular weight is 354 g/mol. The fourth-order valence-corrected chi connectivity index (χ4v) is 2.25. The fourth-order valence-electron chi connectivity index (χ4n) is 2.02. The molecule has 24 heavy (non-hydrogen) atoms. The predicted octanol–water partition coefficient (Wildman–Crippen LogP) is 3.98. The van der Waals surface area contributed by atoms with Crippen LogP contribution in [0.15, 0.2) is 36.4 Å². The highest BCUT2D eigenvalue weighted by Gasteiger charge is 2.17. The molecule has 0 saturated heterocycles. The molecule has 0 aromatic heterocycles. The van der Waals surface area contributed by atoms with E-state index in [0.717, 1.165) is 12.0 Å². The Balaban J connectivity index is 1.99. The van der Waals surface area contributed by atoms with Crippen molar-refractivity contribution in [2.75, 3.05) is 11.9 Å². The lowest BCUT2D eigenvalue weighted by Gasteiger charge is -2.10. The normalized spacial score (nSPS) is 10.3. The highest BCUT2D eigenvalue weighted by atomic mass is 35.5. The van der Waals surface area contributed by atoms with E-state index in [2.05, 4.69) is 5.32 Å². The first-order valence-electron chi connectivity index (χ1n) is 7.11. The van der Waals surface area contributed by atoms with Gasteiger partial charge in [0.1, 0.15) is 0 Å². The molecule has 0 fully saturated rings. The summed E-state index contributed by atoms with van der Waals surface area (Å²) >= 11 is 5.67. The van der Waals surface area contributed by atoms with Crippen molar-refractivity contribution in [2.24, 2.45) is 0 Å². The zero-order valence-electron chi connectivity index (χ0n) is 12.7. The van der Waals surface area contributed by atoms with Gasteiger partial charge in [0.05, 0.1) is 10.6 Å². The van der Waals surface area contributed by atoms with Crippen LogP contribution in [-0.2, 0) is 16.0 Å². The van der Waals surface area contributed by atoms with Gasteiger partial charge in [0.25, 0.3) is 5.91 Å². The minimum absolute atomic E-state index is 0.296. The molecule has 0 saturated carbocycles. The molecule has 0 heterocycles. The largest absolute Gasteiger partial charge is 0.452 e. The van der Waals surface area contributed by atoms with Crippen LogP contribution in [0, 0.1) is 11.6 Å². The van der Waals surface area contributed by atoms with Crippen molar-refractivity contribution in [3.63, 3.8) is 0 Å². The van der Waals surface area contributed by atoms with E-state index in [0.29, 0.717) is 17.8 Å². The van der Waals surface area contributed by atoms with Gasteiger partial charge >= 0.3 is 5.97 Å². The molecule has 1 N–H and O–H groups in total. The van der Waals surface area contributed by atoms with Crippen molar-refractivity contribution in [1.29, 1.82) is 0 Å². The summed E-state index contributed by atoms with van der Waals surface area (Å²) in [5.41, 5.74) is 1.20. The van der Waals surface area contributed by atoms with Crippen LogP contribution in [0.1, 0.15) is 22.8 Å². The lowest BCUT2D eigenvalue weighted by molar-refractivity contribution is -0.119. The van der Waals surface area contributed by atoms with Gasteiger partial charge < -0.3 is 10.1 Å². The lowest BCUT2D eigenvalue weighted by atomic mass is 10.1. The first-order chi connectivity index (χ1) is 11.4. The van der Waals surface area contributed by atoms with Crippen LogP contribution in [0.2, 0.25) is 5.02 Å². The van der Waals surface area contributed by atoms with Gasteiger partial charge in [-0.2, -0.15) is 0 Å². The van der Waals surface area contributed by atoms with E-state index in [1.807, 2.05) is 19.1 Å². The standard InChI is InChI=1S/C17H14ClF2NO3/c1-2-10-5-3-4-6-15(10)21-16(22)9-24-17(23)11-7-13(19)14(20)8-12(11)18/h3-8H,2,9H2,1H3,(H,21,22). The monoisotopic (exact) mass is 353 g/mol. The van der Waals surface area contributed by atoms with Crippen molar-refractivity contribution in [2.45, 2.75) is 13.3 Å². The van der Waals surface area contributed by atoms with Gasteiger partial charge in [0.2, 0.25) is 0 Å². The van der Waals surface area contributed by atoms with E-state index in [9.17, 15) is 18.4 Å². The zero-order chi connectivity index (χ0) is 17.7. The van der Waals surface area contributed by atoms with E-state index in [1.165, 1.54) is 0 Å². The minimum atomic E-state index is -1.23.